The first-order valence-corrected chi connectivity index (χ1v) is 6.15. The van der Waals surface area contributed by atoms with Crippen LogP contribution in [0.25, 0.3) is 0 Å². The fraction of sp³-hybridized carbons (Fsp3) is 0.500. The van der Waals surface area contributed by atoms with E-state index in [1.165, 1.54) is 0 Å². The molecule has 0 radical (unpaired) electrons. The second kappa shape index (κ2) is 6.40. The van der Waals surface area contributed by atoms with Crippen LogP contribution in [0.2, 0.25) is 0 Å². The topological polar surface area (TPSA) is 52.6 Å². The first kappa shape index (κ1) is 14.5. The van der Waals surface area contributed by atoms with Gasteiger partial charge in [0.05, 0.1) is 0 Å². The Morgan fingerprint density at radius 1 is 1.44 bits per heavy atom. The first-order chi connectivity index (χ1) is 8.41. The number of hydrogen-bond acceptors (Lipinski definition) is 3. The van der Waals surface area contributed by atoms with Gasteiger partial charge in [0.25, 0.3) is 0 Å². The third kappa shape index (κ3) is 4.04. The molecule has 1 rings (SSSR count). The van der Waals surface area contributed by atoms with E-state index in [1.807, 2.05) is 26.0 Å². The van der Waals surface area contributed by atoms with E-state index >= 15 is 0 Å². The van der Waals surface area contributed by atoms with Crippen molar-refractivity contribution in [1.82, 2.24) is 10.2 Å². The summed E-state index contributed by atoms with van der Waals surface area (Å²) in [6.07, 6.45) is 0.462. The molecule has 0 aliphatic rings. The number of aryl methyl sites for hydroxylation is 1. The van der Waals surface area contributed by atoms with Crippen molar-refractivity contribution >= 4 is 5.91 Å². The lowest BCUT2D eigenvalue weighted by atomic mass is 10.1. The van der Waals surface area contributed by atoms with E-state index in [2.05, 4.69) is 5.32 Å². The average molecular weight is 250 g/mol. The average Bonchev–Trinajstić information content (AvgIpc) is 2.28. The maximum Gasteiger partial charge on any atom is 0.223 e. The highest BCUT2D eigenvalue weighted by atomic mass is 16.3. The zero-order valence-corrected chi connectivity index (χ0v) is 11.5. The number of nitrogens with one attached hydrogen (secondary N) is 1. The van der Waals surface area contributed by atoms with Gasteiger partial charge < -0.3 is 15.3 Å². The summed E-state index contributed by atoms with van der Waals surface area (Å²) in [5.74, 6) is 0.400. The minimum Gasteiger partial charge on any atom is -0.508 e. The number of rotatable bonds is 5. The van der Waals surface area contributed by atoms with Gasteiger partial charge in [0, 0.05) is 38.7 Å². The zero-order valence-electron chi connectivity index (χ0n) is 11.5. The molecule has 0 saturated carbocycles. The fourth-order valence-corrected chi connectivity index (χ4v) is 1.75. The van der Waals surface area contributed by atoms with E-state index in [0.29, 0.717) is 18.7 Å². The molecular formula is C14H22N2O2. The van der Waals surface area contributed by atoms with Crippen LogP contribution in [0.3, 0.4) is 0 Å². The number of nitrogens with zero attached hydrogens (tertiary/aromatic N) is 1. The van der Waals surface area contributed by atoms with Gasteiger partial charge in [-0.25, -0.2) is 0 Å². The van der Waals surface area contributed by atoms with Crippen molar-refractivity contribution in [2.75, 3.05) is 20.6 Å². The molecule has 0 heterocycles. The van der Waals surface area contributed by atoms with Gasteiger partial charge in [0.1, 0.15) is 5.75 Å². The SMILES string of the molecule is Cc1ccc(C(C)NCCC(=O)N(C)C)c(O)c1. The van der Waals surface area contributed by atoms with Gasteiger partial charge in [-0.15, -0.1) is 0 Å². The molecule has 18 heavy (non-hydrogen) atoms. The summed E-state index contributed by atoms with van der Waals surface area (Å²) < 4.78 is 0. The van der Waals surface area contributed by atoms with Crippen LogP contribution in [0.5, 0.6) is 5.75 Å². The van der Waals surface area contributed by atoms with Crippen LogP contribution >= 0.6 is 0 Å². The maximum atomic E-state index is 11.4. The van der Waals surface area contributed by atoms with Gasteiger partial charge in [-0.05, 0) is 25.5 Å². The van der Waals surface area contributed by atoms with Crippen LogP contribution in [0.1, 0.15) is 30.5 Å². The van der Waals surface area contributed by atoms with Crippen LogP contribution in [0.4, 0.5) is 0 Å². The number of carbonyl (C=O) groups is 1. The number of carbonyl (C=O) groups excluding carboxylic acids is 1. The minimum atomic E-state index is 0.0283. The number of amides is 1. The Hall–Kier alpha value is -1.55. The minimum absolute atomic E-state index is 0.0283. The summed E-state index contributed by atoms with van der Waals surface area (Å²) in [5, 5.41) is 13.1. The summed E-state index contributed by atoms with van der Waals surface area (Å²) in [4.78, 5) is 13.0. The van der Waals surface area contributed by atoms with E-state index in [9.17, 15) is 9.90 Å². The predicted octanol–water partition coefficient (Wildman–Crippen LogP) is 1.83. The number of aromatic hydroxyl groups is 1. The quantitative estimate of drug-likeness (QED) is 0.838. The first-order valence-electron chi connectivity index (χ1n) is 6.15. The molecule has 0 aliphatic carbocycles. The zero-order chi connectivity index (χ0) is 13.7. The molecule has 4 nitrogen and oxygen atoms in total. The Balaban J connectivity index is 2.50. The molecule has 0 saturated heterocycles. The van der Waals surface area contributed by atoms with Crippen molar-refractivity contribution in [2.24, 2.45) is 0 Å². The second-order valence-corrected chi connectivity index (χ2v) is 4.78. The van der Waals surface area contributed by atoms with Crippen LogP contribution < -0.4 is 5.32 Å². The smallest absolute Gasteiger partial charge is 0.223 e. The Kier molecular flexibility index (Phi) is 5.16. The van der Waals surface area contributed by atoms with Gasteiger partial charge in [0.2, 0.25) is 5.91 Å². The van der Waals surface area contributed by atoms with Crippen molar-refractivity contribution in [3.63, 3.8) is 0 Å². The second-order valence-electron chi connectivity index (χ2n) is 4.78. The highest BCUT2D eigenvalue weighted by molar-refractivity contribution is 5.75. The van der Waals surface area contributed by atoms with E-state index in [-0.39, 0.29) is 11.9 Å². The molecule has 1 amide bonds. The highest BCUT2D eigenvalue weighted by Crippen LogP contribution is 2.24. The lowest BCUT2D eigenvalue weighted by Gasteiger charge is -2.17. The molecule has 0 aliphatic heterocycles. The summed E-state index contributed by atoms with van der Waals surface area (Å²) >= 11 is 0. The molecule has 0 bridgehead atoms. The van der Waals surface area contributed by atoms with Gasteiger partial charge in [-0.2, -0.15) is 0 Å². The summed E-state index contributed by atoms with van der Waals surface area (Å²) in [7, 11) is 3.50. The number of phenolic OH excluding ortho intramolecular Hbond substituents is 1. The molecule has 2 N–H and O–H groups in total. The van der Waals surface area contributed by atoms with E-state index in [4.69, 9.17) is 0 Å². The fourth-order valence-electron chi connectivity index (χ4n) is 1.75. The van der Waals surface area contributed by atoms with Gasteiger partial charge >= 0.3 is 0 Å². The molecule has 1 aromatic rings. The highest BCUT2D eigenvalue weighted by Gasteiger charge is 2.10. The van der Waals surface area contributed by atoms with E-state index in [0.717, 1.165) is 11.1 Å². The predicted molar refractivity (Wildman–Crippen MR) is 72.6 cm³/mol. The molecule has 1 unspecified atom stereocenters. The molecule has 0 fully saturated rings. The molecule has 1 atom stereocenters. The summed E-state index contributed by atoms with van der Waals surface area (Å²) in [6, 6.07) is 5.66. The van der Waals surface area contributed by atoms with Gasteiger partial charge in [-0.3, -0.25) is 4.79 Å². The molecule has 0 aromatic heterocycles. The Morgan fingerprint density at radius 3 is 2.67 bits per heavy atom. The standard InChI is InChI=1S/C14H22N2O2/c1-10-5-6-12(13(17)9-10)11(2)15-8-7-14(18)16(3)4/h5-6,9,11,15,17H,7-8H2,1-4H3. The van der Waals surface area contributed by atoms with E-state index in [1.54, 1.807) is 25.1 Å². The molecule has 0 spiro atoms. The molecular weight excluding hydrogens is 228 g/mol. The lowest BCUT2D eigenvalue weighted by Crippen LogP contribution is -2.28. The van der Waals surface area contributed by atoms with Crippen LogP contribution in [-0.2, 0) is 4.79 Å². The maximum absolute atomic E-state index is 11.4. The van der Waals surface area contributed by atoms with Crippen molar-refractivity contribution in [3.05, 3.63) is 29.3 Å². The van der Waals surface area contributed by atoms with E-state index < -0.39 is 0 Å². The van der Waals surface area contributed by atoms with Crippen molar-refractivity contribution < 1.29 is 9.90 Å². The van der Waals surface area contributed by atoms with Crippen molar-refractivity contribution in [3.8, 4) is 5.75 Å². The van der Waals surface area contributed by atoms with Crippen LogP contribution in [0.15, 0.2) is 18.2 Å². The number of hydrogen-bond donors (Lipinski definition) is 2. The van der Waals surface area contributed by atoms with Gasteiger partial charge in [0.15, 0.2) is 0 Å². The third-order valence-corrected chi connectivity index (χ3v) is 2.94. The third-order valence-electron chi connectivity index (χ3n) is 2.94. The summed E-state index contributed by atoms with van der Waals surface area (Å²) in [6.45, 7) is 4.52. The normalized spacial score (nSPS) is 12.2. The monoisotopic (exact) mass is 250 g/mol. The lowest BCUT2D eigenvalue weighted by molar-refractivity contribution is -0.128. The Labute approximate surface area is 109 Å². The largest absolute Gasteiger partial charge is 0.508 e. The van der Waals surface area contributed by atoms with Crippen molar-refractivity contribution in [2.45, 2.75) is 26.3 Å². The van der Waals surface area contributed by atoms with Gasteiger partial charge in [-0.1, -0.05) is 12.1 Å². The van der Waals surface area contributed by atoms with Crippen LogP contribution in [0, 0.1) is 6.92 Å². The van der Waals surface area contributed by atoms with Crippen LogP contribution in [-0.4, -0.2) is 36.6 Å². The Bertz CT molecular complexity index is 416. The molecule has 4 heteroatoms. The molecule has 100 valence electrons. The number of benzene rings is 1. The van der Waals surface area contributed by atoms with Crippen molar-refractivity contribution in [1.29, 1.82) is 0 Å². The Morgan fingerprint density at radius 2 is 2.11 bits per heavy atom. The molecule has 1 aromatic carbocycles. The summed E-state index contributed by atoms with van der Waals surface area (Å²) in [5.41, 5.74) is 1.89. The number of phenols is 1.